The van der Waals surface area contributed by atoms with Crippen molar-refractivity contribution in [3.8, 4) is 11.5 Å². The number of rotatable bonds is 9. The van der Waals surface area contributed by atoms with Crippen LogP contribution in [0, 0.1) is 0 Å². The van der Waals surface area contributed by atoms with E-state index in [1.165, 1.54) is 13.2 Å². The van der Waals surface area contributed by atoms with Crippen LogP contribution in [0.2, 0.25) is 0 Å². The first kappa shape index (κ1) is 18.5. The number of esters is 1. The molecule has 1 aromatic rings. The lowest BCUT2D eigenvalue weighted by atomic mass is 10.1. The van der Waals surface area contributed by atoms with E-state index in [-0.39, 0.29) is 12.5 Å². The summed E-state index contributed by atoms with van der Waals surface area (Å²) in [6.45, 7) is 3.01. The van der Waals surface area contributed by atoms with Crippen LogP contribution in [0.25, 0.3) is 0 Å². The van der Waals surface area contributed by atoms with Crippen LogP contribution < -0.4 is 20.5 Å². The molecule has 7 heteroatoms. The molecule has 1 amide bonds. The topological polar surface area (TPSA) is 99.9 Å². The average molecular weight is 322 g/mol. The summed E-state index contributed by atoms with van der Waals surface area (Å²) >= 11 is 0. The molecule has 0 bridgehead atoms. The molecule has 0 radical (unpaired) electrons. The van der Waals surface area contributed by atoms with Crippen LogP contribution in [-0.2, 0) is 9.53 Å². The molecular weight excluding hydrogens is 300 g/mol. The fraction of sp³-hybridized carbons (Fsp3) is 0.375. The maximum atomic E-state index is 11.9. The highest BCUT2D eigenvalue weighted by atomic mass is 16.5. The molecule has 0 atom stereocenters. The SMILES string of the molecule is CCOC(=O)/C=C/COc1ccc(C(=O)NCCN)c(OC)c1. The Balaban J connectivity index is 2.65. The molecule has 1 aromatic carbocycles. The maximum absolute atomic E-state index is 11.9. The number of methoxy groups -OCH3 is 1. The number of nitrogens with one attached hydrogen (secondary N) is 1. The average Bonchev–Trinajstić information content (AvgIpc) is 2.56. The minimum atomic E-state index is -0.416. The van der Waals surface area contributed by atoms with Crippen molar-refractivity contribution in [2.45, 2.75) is 6.92 Å². The molecule has 0 fully saturated rings. The molecule has 0 aliphatic heterocycles. The van der Waals surface area contributed by atoms with Crippen LogP contribution in [-0.4, -0.2) is 45.3 Å². The van der Waals surface area contributed by atoms with E-state index in [1.54, 1.807) is 31.2 Å². The van der Waals surface area contributed by atoms with Gasteiger partial charge in [-0.05, 0) is 25.1 Å². The van der Waals surface area contributed by atoms with E-state index in [1.807, 2.05) is 0 Å². The fourth-order valence-corrected chi connectivity index (χ4v) is 1.71. The van der Waals surface area contributed by atoms with E-state index in [2.05, 4.69) is 5.32 Å². The number of hydrogen-bond donors (Lipinski definition) is 2. The summed E-state index contributed by atoms with van der Waals surface area (Å²) in [6, 6.07) is 4.86. The molecule has 3 N–H and O–H groups in total. The Morgan fingerprint density at radius 3 is 2.78 bits per heavy atom. The van der Waals surface area contributed by atoms with Crippen molar-refractivity contribution in [1.29, 1.82) is 0 Å². The van der Waals surface area contributed by atoms with E-state index in [0.717, 1.165) is 0 Å². The van der Waals surface area contributed by atoms with Crippen LogP contribution in [0.15, 0.2) is 30.4 Å². The maximum Gasteiger partial charge on any atom is 0.330 e. The first-order valence-electron chi connectivity index (χ1n) is 7.24. The van der Waals surface area contributed by atoms with Gasteiger partial charge >= 0.3 is 5.97 Å². The quantitative estimate of drug-likeness (QED) is 0.517. The van der Waals surface area contributed by atoms with E-state index < -0.39 is 5.97 Å². The zero-order chi connectivity index (χ0) is 17.1. The van der Waals surface area contributed by atoms with Crippen molar-refractivity contribution in [2.24, 2.45) is 5.73 Å². The van der Waals surface area contributed by atoms with Gasteiger partial charge in [-0.1, -0.05) is 0 Å². The summed E-state index contributed by atoms with van der Waals surface area (Å²) in [4.78, 5) is 23.1. The minimum absolute atomic E-state index is 0.195. The Morgan fingerprint density at radius 1 is 1.35 bits per heavy atom. The van der Waals surface area contributed by atoms with Crippen LogP contribution in [0.1, 0.15) is 17.3 Å². The minimum Gasteiger partial charge on any atom is -0.496 e. The molecule has 7 nitrogen and oxygen atoms in total. The van der Waals surface area contributed by atoms with Crippen LogP contribution >= 0.6 is 0 Å². The summed E-state index contributed by atoms with van der Waals surface area (Å²) < 4.78 is 15.4. The molecule has 0 spiro atoms. The highest BCUT2D eigenvalue weighted by Gasteiger charge is 2.12. The normalized spacial score (nSPS) is 10.4. The summed E-state index contributed by atoms with van der Waals surface area (Å²) in [5, 5.41) is 2.67. The van der Waals surface area contributed by atoms with Gasteiger partial charge in [-0.3, -0.25) is 4.79 Å². The molecule has 23 heavy (non-hydrogen) atoms. The van der Waals surface area contributed by atoms with Gasteiger partial charge in [0.15, 0.2) is 0 Å². The van der Waals surface area contributed by atoms with Crippen molar-refractivity contribution >= 4 is 11.9 Å². The molecule has 0 aliphatic carbocycles. The Kier molecular flexibility index (Phi) is 8.23. The zero-order valence-electron chi connectivity index (χ0n) is 13.3. The second-order valence-corrected chi connectivity index (χ2v) is 4.37. The van der Waals surface area contributed by atoms with Crippen molar-refractivity contribution in [3.05, 3.63) is 35.9 Å². The summed E-state index contributed by atoms with van der Waals surface area (Å²) in [5.41, 5.74) is 5.75. The first-order chi connectivity index (χ1) is 11.1. The van der Waals surface area contributed by atoms with E-state index >= 15 is 0 Å². The van der Waals surface area contributed by atoms with Crippen LogP contribution in [0.4, 0.5) is 0 Å². The highest BCUT2D eigenvalue weighted by molar-refractivity contribution is 5.97. The van der Waals surface area contributed by atoms with Gasteiger partial charge in [0.2, 0.25) is 0 Å². The van der Waals surface area contributed by atoms with E-state index in [9.17, 15) is 9.59 Å². The molecule has 1 rings (SSSR count). The lowest BCUT2D eigenvalue weighted by Crippen LogP contribution is -2.29. The number of carbonyl (C=O) groups is 2. The van der Waals surface area contributed by atoms with E-state index in [4.69, 9.17) is 19.9 Å². The molecule has 0 saturated heterocycles. The molecule has 0 aliphatic rings. The standard InChI is InChI=1S/C16H22N2O5/c1-3-22-15(19)5-4-10-23-12-6-7-13(14(11-12)21-2)16(20)18-9-8-17/h4-7,11H,3,8-10,17H2,1-2H3,(H,18,20)/b5-4+. The molecule has 126 valence electrons. The van der Waals surface area contributed by atoms with Crippen molar-refractivity contribution in [1.82, 2.24) is 5.32 Å². The summed E-state index contributed by atoms with van der Waals surface area (Å²) in [6.07, 6.45) is 2.85. The summed E-state index contributed by atoms with van der Waals surface area (Å²) in [5.74, 6) is 0.235. The Bertz CT molecular complexity index is 557. The van der Waals surface area contributed by atoms with Gasteiger partial charge in [0.05, 0.1) is 19.3 Å². The molecule has 0 unspecified atom stereocenters. The predicted octanol–water partition coefficient (Wildman–Crippen LogP) is 0.882. The van der Waals surface area contributed by atoms with Crippen molar-refractivity contribution in [3.63, 3.8) is 0 Å². The highest BCUT2D eigenvalue weighted by Crippen LogP contribution is 2.24. The summed E-state index contributed by atoms with van der Waals surface area (Å²) in [7, 11) is 1.47. The first-order valence-corrected chi connectivity index (χ1v) is 7.24. The monoisotopic (exact) mass is 322 g/mol. The van der Waals surface area contributed by atoms with Gasteiger partial charge in [0.25, 0.3) is 5.91 Å². The fourth-order valence-electron chi connectivity index (χ4n) is 1.71. The lowest BCUT2D eigenvalue weighted by Gasteiger charge is -2.11. The number of hydrogen-bond acceptors (Lipinski definition) is 6. The van der Waals surface area contributed by atoms with E-state index in [0.29, 0.717) is 36.8 Å². The van der Waals surface area contributed by atoms with Crippen LogP contribution in [0.3, 0.4) is 0 Å². The molecule has 0 heterocycles. The van der Waals surface area contributed by atoms with Crippen molar-refractivity contribution < 1.29 is 23.8 Å². The lowest BCUT2D eigenvalue weighted by molar-refractivity contribution is -0.137. The van der Waals surface area contributed by atoms with Crippen molar-refractivity contribution in [2.75, 3.05) is 33.4 Å². The second kappa shape index (κ2) is 10.2. The number of benzene rings is 1. The largest absolute Gasteiger partial charge is 0.496 e. The van der Waals surface area contributed by atoms with Gasteiger partial charge < -0.3 is 25.3 Å². The molecular formula is C16H22N2O5. The number of ether oxygens (including phenoxy) is 3. The Labute approximate surface area is 135 Å². The van der Waals surface area contributed by atoms with Gasteiger partial charge in [-0.15, -0.1) is 0 Å². The third-order valence-corrected chi connectivity index (χ3v) is 2.73. The third kappa shape index (κ3) is 6.39. The number of nitrogens with two attached hydrogens (primary N) is 1. The Morgan fingerprint density at radius 2 is 2.13 bits per heavy atom. The molecule has 0 aromatic heterocycles. The van der Waals surface area contributed by atoms with Crippen LogP contribution in [0.5, 0.6) is 11.5 Å². The van der Waals surface area contributed by atoms with Gasteiger partial charge in [-0.2, -0.15) is 0 Å². The smallest absolute Gasteiger partial charge is 0.330 e. The third-order valence-electron chi connectivity index (χ3n) is 2.73. The molecule has 0 saturated carbocycles. The zero-order valence-corrected chi connectivity index (χ0v) is 13.3. The second-order valence-electron chi connectivity index (χ2n) is 4.37. The number of amides is 1. The predicted molar refractivity (Wildman–Crippen MR) is 85.6 cm³/mol. The van der Waals surface area contributed by atoms with Gasteiger partial charge in [-0.25, -0.2) is 4.79 Å². The van der Waals surface area contributed by atoms with Gasteiger partial charge in [0.1, 0.15) is 18.1 Å². The number of carbonyl (C=O) groups excluding carboxylic acids is 2. The Hall–Kier alpha value is -2.54. The van der Waals surface area contributed by atoms with Gasteiger partial charge in [0, 0.05) is 25.2 Å².